The van der Waals surface area contributed by atoms with Gasteiger partial charge in [-0.15, -0.1) is 0 Å². The molecule has 0 spiro atoms. The van der Waals surface area contributed by atoms with Crippen LogP contribution in [0.3, 0.4) is 0 Å². The standard InChI is InChI=1S/C79H144O17P2/c1-5-9-13-17-21-25-29-33-36-40-43-47-51-55-59-63-76(81)89-69-74(95-78(83)65-61-57-53-49-45-39-32-28-24-20-16-12-8-4)71-93-97(85,86)91-67-73(80)68-92-98(87,88)94-72-75(96-79(84)66-62-58-54-50-46-42-38-35-31-27-23-19-15-11-7-3)70-90-77(82)64-60-56-52-48-44-41-37-34-30-26-22-18-14-10-6-2/h22,26,28,32-38,73-75,80H,5-21,23-25,27,29-31,39-72H2,1-4H3,(H,85,86)(H,87,88)/b26-22-,32-28-,36-33-,37-34-,38-35-. The van der Waals surface area contributed by atoms with Crippen LogP contribution >= 0.6 is 15.6 Å². The molecule has 19 heteroatoms. The maximum absolute atomic E-state index is 13.1. The molecule has 0 aliphatic rings. The van der Waals surface area contributed by atoms with Gasteiger partial charge >= 0.3 is 39.5 Å². The van der Waals surface area contributed by atoms with E-state index in [0.717, 1.165) is 161 Å². The minimum Gasteiger partial charge on any atom is -0.462 e. The molecule has 572 valence electrons. The number of esters is 4. The lowest BCUT2D eigenvalue weighted by Gasteiger charge is -2.21. The molecule has 0 saturated carbocycles. The van der Waals surface area contributed by atoms with E-state index in [4.69, 9.17) is 37.0 Å². The molecule has 5 unspecified atom stereocenters. The maximum atomic E-state index is 13.1. The molecule has 3 N–H and O–H groups in total. The minimum atomic E-state index is -4.97. The van der Waals surface area contributed by atoms with Crippen LogP contribution in [0.15, 0.2) is 60.8 Å². The number of rotatable bonds is 75. The molecule has 0 saturated heterocycles. The first kappa shape index (κ1) is 94.8. The van der Waals surface area contributed by atoms with E-state index >= 15 is 0 Å². The summed E-state index contributed by atoms with van der Waals surface area (Å²) in [4.78, 5) is 72.9. The molecule has 0 aromatic rings. The highest BCUT2D eigenvalue weighted by Gasteiger charge is 2.30. The monoisotopic (exact) mass is 1430 g/mol. The third-order valence-corrected chi connectivity index (χ3v) is 18.8. The molecule has 17 nitrogen and oxygen atoms in total. The maximum Gasteiger partial charge on any atom is 0.472 e. The summed E-state index contributed by atoms with van der Waals surface area (Å²) in [5, 5.41) is 10.6. The van der Waals surface area contributed by atoms with Gasteiger partial charge < -0.3 is 33.8 Å². The third-order valence-electron chi connectivity index (χ3n) is 16.9. The number of hydrogen-bond donors (Lipinski definition) is 3. The SMILES string of the molecule is CCCCC/C=C\C/C=C\CCCCCCCC(=O)OCC(COP(=O)(O)OCC(O)COP(=O)(O)OCC(COC(=O)CCCCCCC/C=C\CCCCCCCC)OC(=O)CCCCCCC/C=C\CCCCCC)OC(=O)CCCCCCC/C=C\CCCCCCCC. The molecule has 0 rings (SSSR count). The summed E-state index contributed by atoms with van der Waals surface area (Å²) in [6.45, 7) is 4.84. The summed E-state index contributed by atoms with van der Waals surface area (Å²) in [6, 6.07) is 0. The van der Waals surface area contributed by atoms with Crippen molar-refractivity contribution >= 4 is 39.5 Å². The van der Waals surface area contributed by atoms with Gasteiger partial charge in [-0.3, -0.25) is 37.3 Å². The van der Waals surface area contributed by atoms with Crippen LogP contribution in [-0.4, -0.2) is 96.7 Å². The molecule has 0 aliphatic heterocycles. The molecular formula is C79H144O17P2. The van der Waals surface area contributed by atoms with E-state index in [-0.39, 0.29) is 25.7 Å². The first-order valence-electron chi connectivity index (χ1n) is 39.5. The fourth-order valence-corrected chi connectivity index (χ4v) is 12.4. The van der Waals surface area contributed by atoms with Crippen LogP contribution in [0.2, 0.25) is 0 Å². The van der Waals surface area contributed by atoms with E-state index in [9.17, 15) is 43.2 Å². The summed E-state index contributed by atoms with van der Waals surface area (Å²) in [5.41, 5.74) is 0. The fraction of sp³-hybridized carbons (Fsp3) is 0.823. The number of aliphatic hydroxyl groups excluding tert-OH is 1. The zero-order chi connectivity index (χ0) is 71.8. The second-order valence-electron chi connectivity index (χ2n) is 26.6. The van der Waals surface area contributed by atoms with Crippen molar-refractivity contribution in [3.8, 4) is 0 Å². The summed E-state index contributed by atoms with van der Waals surface area (Å²) in [5.74, 6) is -2.19. The van der Waals surface area contributed by atoms with Crippen molar-refractivity contribution in [1.29, 1.82) is 0 Å². The molecule has 0 fully saturated rings. The number of unbranched alkanes of at least 4 members (excludes halogenated alkanes) is 39. The van der Waals surface area contributed by atoms with Crippen molar-refractivity contribution in [1.82, 2.24) is 0 Å². The largest absolute Gasteiger partial charge is 0.472 e. The third kappa shape index (κ3) is 71.2. The Kier molecular flexibility index (Phi) is 69.7. The zero-order valence-electron chi connectivity index (χ0n) is 62.5. The second-order valence-corrected chi connectivity index (χ2v) is 29.5. The lowest BCUT2D eigenvalue weighted by atomic mass is 10.1. The Labute approximate surface area is 597 Å². The van der Waals surface area contributed by atoms with Crippen molar-refractivity contribution in [3.05, 3.63) is 60.8 Å². The van der Waals surface area contributed by atoms with Gasteiger partial charge in [-0.25, -0.2) is 9.13 Å². The quantitative estimate of drug-likeness (QED) is 0.0169. The van der Waals surface area contributed by atoms with Gasteiger partial charge in [-0.1, -0.05) is 262 Å². The normalized spacial score (nSPS) is 14.2. The number of allylic oxidation sites excluding steroid dienone is 10. The van der Waals surface area contributed by atoms with E-state index in [1.165, 1.54) is 122 Å². The molecule has 0 radical (unpaired) electrons. The van der Waals surface area contributed by atoms with Gasteiger partial charge in [0.1, 0.15) is 19.3 Å². The Bertz CT molecular complexity index is 2100. The van der Waals surface area contributed by atoms with Crippen molar-refractivity contribution in [3.63, 3.8) is 0 Å². The second kappa shape index (κ2) is 72.1. The molecule has 0 aromatic heterocycles. The van der Waals surface area contributed by atoms with E-state index in [0.29, 0.717) is 25.7 Å². The van der Waals surface area contributed by atoms with Crippen LogP contribution in [-0.2, 0) is 65.4 Å². The Hall–Kier alpha value is -3.24. The lowest BCUT2D eigenvalue weighted by Crippen LogP contribution is -2.30. The van der Waals surface area contributed by atoms with E-state index in [2.05, 4.69) is 88.5 Å². The summed E-state index contributed by atoms with van der Waals surface area (Å²) >= 11 is 0. The Balaban J connectivity index is 5.35. The fourth-order valence-electron chi connectivity index (χ4n) is 10.8. The highest BCUT2D eigenvalue weighted by molar-refractivity contribution is 7.47. The van der Waals surface area contributed by atoms with Crippen molar-refractivity contribution < 1.29 is 80.2 Å². The highest BCUT2D eigenvalue weighted by atomic mass is 31.2. The number of phosphoric ester groups is 2. The van der Waals surface area contributed by atoms with Gasteiger partial charge in [0, 0.05) is 25.7 Å². The van der Waals surface area contributed by atoms with Crippen LogP contribution in [0.1, 0.15) is 362 Å². The van der Waals surface area contributed by atoms with Crippen molar-refractivity contribution in [2.45, 2.75) is 380 Å². The van der Waals surface area contributed by atoms with Crippen LogP contribution in [0, 0.1) is 0 Å². The summed E-state index contributed by atoms with van der Waals surface area (Å²) in [6.07, 6.45) is 70.5. The number of carbonyl (C=O) groups excluding carboxylic acids is 4. The van der Waals surface area contributed by atoms with E-state index in [1.54, 1.807) is 0 Å². The topological polar surface area (TPSA) is 237 Å². The average Bonchev–Trinajstić information content (AvgIpc) is 1.04. The predicted octanol–water partition coefficient (Wildman–Crippen LogP) is 22.7. The van der Waals surface area contributed by atoms with Gasteiger partial charge in [0.05, 0.1) is 26.4 Å². The smallest absolute Gasteiger partial charge is 0.462 e. The van der Waals surface area contributed by atoms with Crippen molar-refractivity contribution in [2.24, 2.45) is 0 Å². The molecule has 0 aromatic carbocycles. The Morgan fingerprint density at radius 1 is 0.286 bits per heavy atom. The van der Waals surface area contributed by atoms with Crippen LogP contribution in [0.25, 0.3) is 0 Å². The first-order valence-corrected chi connectivity index (χ1v) is 42.5. The van der Waals surface area contributed by atoms with Gasteiger partial charge in [0.15, 0.2) is 12.2 Å². The number of carbonyl (C=O) groups is 4. The van der Waals surface area contributed by atoms with Gasteiger partial charge in [-0.2, -0.15) is 0 Å². The lowest BCUT2D eigenvalue weighted by molar-refractivity contribution is -0.161. The van der Waals surface area contributed by atoms with Crippen LogP contribution < -0.4 is 0 Å². The number of phosphoric acid groups is 2. The predicted molar refractivity (Wildman–Crippen MR) is 400 cm³/mol. The molecule has 0 heterocycles. The molecule has 98 heavy (non-hydrogen) atoms. The average molecular weight is 1430 g/mol. The zero-order valence-corrected chi connectivity index (χ0v) is 64.3. The number of ether oxygens (including phenoxy) is 4. The van der Waals surface area contributed by atoms with E-state index < -0.39 is 97.5 Å². The van der Waals surface area contributed by atoms with Gasteiger partial charge in [0.2, 0.25) is 0 Å². The van der Waals surface area contributed by atoms with Crippen LogP contribution in [0.4, 0.5) is 0 Å². The Morgan fingerprint density at radius 3 is 0.796 bits per heavy atom. The summed E-state index contributed by atoms with van der Waals surface area (Å²) in [7, 11) is -9.95. The number of aliphatic hydroxyl groups is 1. The van der Waals surface area contributed by atoms with Gasteiger partial charge in [-0.05, 0) is 135 Å². The molecular weight excluding hydrogens is 1280 g/mol. The first-order chi connectivity index (χ1) is 47.7. The number of hydrogen-bond acceptors (Lipinski definition) is 15. The molecule has 0 amide bonds. The molecule has 0 aliphatic carbocycles. The van der Waals surface area contributed by atoms with Gasteiger partial charge in [0.25, 0.3) is 0 Å². The highest BCUT2D eigenvalue weighted by Crippen LogP contribution is 2.45. The molecule has 5 atom stereocenters. The van der Waals surface area contributed by atoms with Crippen LogP contribution in [0.5, 0.6) is 0 Å². The summed E-state index contributed by atoms with van der Waals surface area (Å²) < 4.78 is 68.5. The Morgan fingerprint density at radius 2 is 0.500 bits per heavy atom. The molecule has 0 bridgehead atoms. The minimum absolute atomic E-state index is 0.0854. The van der Waals surface area contributed by atoms with Crippen molar-refractivity contribution in [2.75, 3.05) is 39.6 Å². The van der Waals surface area contributed by atoms with E-state index in [1.807, 2.05) is 0 Å².